The van der Waals surface area contributed by atoms with Crippen molar-refractivity contribution >= 4 is 0 Å². The van der Waals surface area contributed by atoms with Gasteiger partial charge in [-0.05, 0) is 85.5 Å². The molecule has 1 aliphatic heterocycles. The van der Waals surface area contributed by atoms with E-state index in [-0.39, 0.29) is 17.3 Å². The molecule has 3 nitrogen and oxygen atoms in total. The molecule has 27 heavy (non-hydrogen) atoms. The molecule has 2 unspecified atom stereocenters. The van der Waals surface area contributed by atoms with Crippen LogP contribution in [0.15, 0.2) is 42.5 Å². The lowest BCUT2D eigenvalue weighted by Gasteiger charge is -2.59. The number of nitrogens with zero attached hydrogens (tertiary/aromatic N) is 1. The lowest BCUT2D eigenvalue weighted by Crippen LogP contribution is -2.62. The van der Waals surface area contributed by atoms with Gasteiger partial charge in [0.2, 0.25) is 0 Å². The number of hydrogen-bond acceptors (Lipinski definition) is 3. The fourth-order valence-electron chi connectivity index (χ4n) is 6.10. The topological polar surface area (TPSA) is 43.7 Å². The molecule has 2 aromatic carbocycles. The molecular formula is C23H26FNO2. The summed E-state index contributed by atoms with van der Waals surface area (Å²) in [5.74, 6) is 0.641. The molecular weight excluding hydrogens is 341 g/mol. The lowest BCUT2D eigenvalue weighted by atomic mass is 9.52. The number of phenolic OH excluding ortho intramolecular Hbond substituents is 1. The first-order chi connectivity index (χ1) is 13.0. The minimum absolute atomic E-state index is 0.0199. The first-order valence-electron chi connectivity index (χ1n) is 10.0. The van der Waals surface area contributed by atoms with Crippen molar-refractivity contribution in [2.75, 3.05) is 6.54 Å². The zero-order chi connectivity index (χ0) is 18.6. The van der Waals surface area contributed by atoms with E-state index in [9.17, 15) is 14.6 Å². The molecule has 1 saturated carbocycles. The first-order valence-corrected chi connectivity index (χ1v) is 10.0. The predicted molar refractivity (Wildman–Crippen MR) is 102 cm³/mol. The molecule has 2 fully saturated rings. The van der Waals surface area contributed by atoms with Crippen LogP contribution in [0.1, 0.15) is 42.4 Å². The number of phenols is 1. The van der Waals surface area contributed by atoms with Crippen molar-refractivity contribution in [1.82, 2.24) is 4.90 Å². The Kier molecular flexibility index (Phi) is 4.03. The van der Waals surface area contributed by atoms with Gasteiger partial charge in [0.1, 0.15) is 11.6 Å². The summed E-state index contributed by atoms with van der Waals surface area (Å²) in [6.07, 6.45) is 4.43. The van der Waals surface area contributed by atoms with Crippen LogP contribution in [0.4, 0.5) is 4.39 Å². The maximum Gasteiger partial charge on any atom is 0.123 e. The van der Waals surface area contributed by atoms with Crippen molar-refractivity contribution in [2.45, 2.75) is 56.2 Å². The second-order valence-corrected chi connectivity index (χ2v) is 8.66. The number of halogens is 1. The third-order valence-corrected chi connectivity index (χ3v) is 7.26. The normalized spacial score (nSPS) is 32.6. The zero-order valence-electron chi connectivity index (χ0n) is 15.4. The van der Waals surface area contributed by atoms with Crippen LogP contribution >= 0.6 is 0 Å². The predicted octanol–water partition coefficient (Wildman–Crippen LogP) is 3.76. The fraction of sp³-hybridized carbons (Fsp3) is 0.478. The largest absolute Gasteiger partial charge is 0.508 e. The summed E-state index contributed by atoms with van der Waals surface area (Å²) in [5, 5.41) is 20.6. The van der Waals surface area contributed by atoms with Gasteiger partial charge >= 0.3 is 0 Å². The number of aliphatic hydroxyl groups is 1. The van der Waals surface area contributed by atoms with Crippen LogP contribution in [0.5, 0.6) is 5.75 Å². The van der Waals surface area contributed by atoms with E-state index in [4.69, 9.17) is 0 Å². The van der Waals surface area contributed by atoms with Crippen LogP contribution in [-0.2, 0) is 18.4 Å². The van der Waals surface area contributed by atoms with E-state index in [0.29, 0.717) is 17.7 Å². The number of aromatic hydroxyl groups is 1. The summed E-state index contributed by atoms with van der Waals surface area (Å²) in [7, 11) is 0. The molecule has 142 valence electrons. The van der Waals surface area contributed by atoms with E-state index >= 15 is 0 Å². The van der Waals surface area contributed by atoms with Crippen molar-refractivity contribution in [2.24, 2.45) is 5.92 Å². The molecule has 4 heteroatoms. The quantitative estimate of drug-likeness (QED) is 0.849. The molecule has 1 heterocycles. The number of rotatable bonds is 2. The third-order valence-electron chi connectivity index (χ3n) is 7.26. The highest BCUT2D eigenvalue weighted by atomic mass is 19.1. The van der Waals surface area contributed by atoms with Crippen molar-refractivity contribution in [1.29, 1.82) is 0 Å². The molecule has 2 aromatic rings. The third kappa shape index (κ3) is 2.77. The zero-order valence-corrected chi connectivity index (χ0v) is 15.4. The van der Waals surface area contributed by atoms with Crippen molar-refractivity contribution in [3.05, 3.63) is 65.0 Å². The van der Waals surface area contributed by atoms with Gasteiger partial charge < -0.3 is 10.2 Å². The molecule has 4 atom stereocenters. The number of fused-ring (bicyclic) bond motifs is 1. The maximum absolute atomic E-state index is 13.3. The van der Waals surface area contributed by atoms with Gasteiger partial charge in [-0.2, -0.15) is 0 Å². The second-order valence-electron chi connectivity index (χ2n) is 8.66. The molecule has 0 amide bonds. The van der Waals surface area contributed by atoms with Gasteiger partial charge in [-0.15, -0.1) is 0 Å². The summed E-state index contributed by atoms with van der Waals surface area (Å²) in [4.78, 5) is 2.56. The maximum atomic E-state index is 13.3. The number of hydrogen-bond donors (Lipinski definition) is 2. The van der Waals surface area contributed by atoms with Crippen LogP contribution in [0.3, 0.4) is 0 Å². The van der Waals surface area contributed by atoms with Gasteiger partial charge in [-0.25, -0.2) is 4.39 Å². The van der Waals surface area contributed by atoms with Crippen LogP contribution < -0.4 is 0 Å². The highest BCUT2D eigenvalue weighted by Gasteiger charge is 2.55. The SMILES string of the molecule is Oc1ccc2c(c1)[C@@]13CCN(Cc4ccc(F)cc4)C(C2)C1CC[C@H](O)C3. The summed E-state index contributed by atoms with van der Waals surface area (Å²) >= 11 is 0. The van der Waals surface area contributed by atoms with Crippen LogP contribution in [0, 0.1) is 11.7 Å². The van der Waals surface area contributed by atoms with Gasteiger partial charge in [0.15, 0.2) is 0 Å². The summed E-state index contributed by atoms with van der Waals surface area (Å²) < 4.78 is 13.3. The van der Waals surface area contributed by atoms with Crippen molar-refractivity contribution < 1.29 is 14.6 Å². The highest BCUT2D eigenvalue weighted by molar-refractivity contribution is 5.45. The average molecular weight is 367 g/mol. The first kappa shape index (κ1) is 17.2. The van der Waals surface area contributed by atoms with Crippen LogP contribution in [0.25, 0.3) is 0 Å². The van der Waals surface area contributed by atoms with E-state index in [1.807, 2.05) is 18.2 Å². The van der Waals surface area contributed by atoms with E-state index in [0.717, 1.165) is 50.8 Å². The second kappa shape index (κ2) is 6.32. The summed E-state index contributed by atoms with van der Waals surface area (Å²) in [6, 6.07) is 13.1. The number of likely N-dealkylation sites (tertiary alicyclic amines) is 1. The Morgan fingerprint density at radius 2 is 1.93 bits per heavy atom. The van der Waals surface area contributed by atoms with Gasteiger partial charge in [-0.3, -0.25) is 4.90 Å². The molecule has 2 aliphatic carbocycles. The van der Waals surface area contributed by atoms with Gasteiger partial charge in [-0.1, -0.05) is 18.2 Å². The number of benzene rings is 2. The summed E-state index contributed by atoms with van der Waals surface area (Å²) in [6.45, 7) is 1.81. The molecule has 1 saturated heterocycles. The molecule has 0 radical (unpaired) electrons. The standard InChI is InChI=1S/C23H26FNO2/c24-17-4-1-15(2-5-17)14-25-10-9-23-13-19(27)7-8-20(23)22(25)11-16-3-6-18(26)12-21(16)23/h1-6,12,19-20,22,26-27H,7-11,13-14H2/t19-,20?,22?,23+/m0/s1. The summed E-state index contributed by atoms with van der Waals surface area (Å²) in [5.41, 5.74) is 3.71. The Balaban J connectivity index is 1.52. The minimum atomic E-state index is -0.251. The van der Waals surface area contributed by atoms with E-state index in [1.54, 1.807) is 18.2 Å². The Labute approximate surface area is 159 Å². The average Bonchev–Trinajstić information content (AvgIpc) is 2.66. The smallest absolute Gasteiger partial charge is 0.123 e. The van der Waals surface area contributed by atoms with Gasteiger partial charge in [0.05, 0.1) is 6.10 Å². The Bertz CT molecular complexity index is 852. The Hall–Kier alpha value is -1.91. The van der Waals surface area contributed by atoms with Crippen LogP contribution in [0.2, 0.25) is 0 Å². The van der Waals surface area contributed by atoms with Crippen molar-refractivity contribution in [3.8, 4) is 5.75 Å². The molecule has 3 aliphatic rings. The minimum Gasteiger partial charge on any atom is -0.508 e. The molecule has 2 bridgehead atoms. The fourth-order valence-corrected chi connectivity index (χ4v) is 6.10. The molecule has 5 rings (SSSR count). The Morgan fingerprint density at radius 1 is 1.11 bits per heavy atom. The van der Waals surface area contributed by atoms with E-state index in [1.165, 1.54) is 11.1 Å². The lowest BCUT2D eigenvalue weighted by molar-refractivity contribution is -0.0511. The van der Waals surface area contributed by atoms with Crippen LogP contribution in [-0.4, -0.2) is 33.8 Å². The molecule has 0 spiro atoms. The van der Waals surface area contributed by atoms with Gasteiger partial charge in [0.25, 0.3) is 0 Å². The molecule has 2 N–H and O–H groups in total. The monoisotopic (exact) mass is 367 g/mol. The highest BCUT2D eigenvalue weighted by Crippen LogP contribution is 2.56. The van der Waals surface area contributed by atoms with Gasteiger partial charge in [0, 0.05) is 18.0 Å². The van der Waals surface area contributed by atoms with Crippen molar-refractivity contribution in [3.63, 3.8) is 0 Å². The number of aliphatic hydroxyl groups excluding tert-OH is 1. The number of piperidine rings is 1. The Morgan fingerprint density at radius 3 is 2.74 bits per heavy atom. The van der Waals surface area contributed by atoms with E-state index < -0.39 is 0 Å². The van der Waals surface area contributed by atoms with E-state index in [2.05, 4.69) is 11.0 Å². The molecule has 0 aromatic heterocycles.